The highest BCUT2D eigenvalue weighted by Crippen LogP contribution is 2.40. The number of hydrogen-bond acceptors (Lipinski definition) is 4. The fourth-order valence-electron chi connectivity index (χ4n) is 3.21. The van der Waals surface area contributed by atoms with E-state index in [4.69, 9.17) is 34.8 Å². The molecular formula is C20H16Cl3N3O2S. The second kappa shape index (κ2) is 7.69. The number of amides is 2. The second-order valence-corrected chi connectivity index (χ2v) is 9.20. The number of alkyl halides is 1. The van der Waals surface area contributed by atoms with Crippen molar-refractivity contribution in [1.82, 2.24) is 10.4 Å². The fourth-order valence-corrected chi connectivity index (χ4v) is 5.13. The van der Waals surface area contributed by atoms with Gasteiger partial charge in [0.25, 0.3) is 11.8 Å². The molecule has 4 rings (SSSR count). The number of nitrogens with zero attached hydrogens (tertiary/aromatic N) is 2. The lowest BCUT2D eigenvalue weighted by Crippen LogP contribution is -2.63. The van der Waals surface area contributed by atoms with Crippen LogP contribution < -0.4 is 10.3 Å². The Labute approximate surface area is 186 Å². The molecule has 0 spiro atoms. The number of anilines is 1. The van der Waals surface area contributed by atoms with Gasteiger partial charge in [-0.05, 0) is 35.9 Å². The van der Waals surface area contributed by atoms with Gasteiger partial charge in [0.05, 0.1) is 5.02 Å². The van der Waals surface area contributed by atoms with Gasteiger partial charge in [-0.3, -0.25) is 15.0 Å². The summed E-state index contributed by atoms with van der Waals surface area (Å²) in [5, 5.41) is 2.08. The highest BCUT2D eigenvalue weighted by molar-refractivity contribution is 7.21. The van der Waals surface area contributed by atoms with E-state index < -0.39 is 17.3 Å². The molecule has 5 nitrogen and oxygen atoms in total. The number of carbonyl (C=O) groups is 2. The van der Waals surface area contributed by atoms with Crippen LogP contribution in [0.15, 0.2) is 42.5 Å². The Kier molecular flexibility index (Phi) is 5.38. The van der Waals surface area contributed by atoms with E-state index >= 15 is 0 Å². The molecule has 150 valence electrons. The third-order valence-electron chi connectivity index (χ3n) is 4.80. The predicted octanol–water partition coefficient (Wildman–Crippen LogP) is 5.11. The molecule has 0 bridgehead atoms. The number of halogens is 3. The molecule has 1 aliphatic rings. The molecule has 9 heteroatoms. The normalized spacial score (nSPS) is 18.7. The number of thiophene rings is 1. The molecule has 0 aliphatic carbocycles. The summed E-state index contributed by atoms with van der Waals surface area (Å²) >= 11 is 19.9. The van der Waals surface area contributed by atoms with Crippen LogP contribution in [0.5, 0.6) is 0 Å². The molecule has 2 heterocycles. The average Bonchev–Trinajstić information content (AvgIpc) is 3.03. The molecule has 29 heavy (non-hydrogen) atoms. The Bertz CT molecular complexity index is 1110. The molecule has 2 amide bonds. The lowest BCUT2D eigenvalue weighted by atomic mass is 9.95. The predicted molar refractivity (Wildman–Crippen MR) is 119 cm³/mol. The molecule has 2 aromatic carbocycles. The number of β-lactam (4-membered cyclic amide) rings is 1. The monoisotopic (exact) mass is 467 g/mol. The number of fused-ring (bicyclic) bond motifs is 1. The first-order valence-electron chi connectivity index (χ1n) is 8.71. The topological polar surface area (TPSA) is 52.7 Å². The number of hydrazine groups is 1. The van der Waals surface area contributed by atoms with Crippen LogP contribution >= 0.6 is 46.1 Å². The molecule has 1 N–H and O–H groups in total. The van der Waals surface area contributed by atoms with Gasteiger partial charge in [0.15, 0.2) is 0 Å². The van der Waals surface area contributed by atoms with Crippen molar-refractivity contribution in [3.8, 4) is 0 Å². The number of nitrogens with one attached hydrogen (secondary N) is 1. The quantitative estimate of drug-likeness (QED) is 0.428. The minimum absolute atomic E-state index is 0.312. The Hall–Kier alpha value is -1.99. The van der Waals surface area contributed by atoms with Gasteiger partial charge >= 0.3 is 0 Å². The summed E-state index contributed by atoms with van der Waals surface area (Å²) in [7, 11) is 3.89. The molecule has 0 radical (unpaired) electrons. The Morgan fingerprint density at radius 1 is 1.14 bits per heavy atom. The van der Waals surface area contributed by atoms with E-state index in [1.165, 1.54) is 16.3 Å². The first-order valence-corrected chi connectivity index (χ1v) is 10.7. The zero-order valence-corrected chi connectivity index (χ0v) is 18.5. The van der Waals surface area contributed by atoms with Crippen molar-refractivity contribution in [2.75, 3.05) is 19.0 Å². The minimum atomic E-state index is -0.739. The first kappa shape index (κ1) is 20.3. The smallest absolute Gasteiger partial charge is 0.281 e. The van der Waals surface area contributed by atoms with E-state index in [9.17, 15) is 9.59 Å². The fraction of sp³-hybridized carbons (Fsp3) is 0.200. The van der Waals surface area contributed by atoms with Gasteiger partial charge in [-0.15, -0.1) is 22.9 Å². The summed E-state index contributed by atoms with van der Waals surface area (Å²) in [6.45, 7) is 0. The Morgan fingerprint density at radius 2 is 1.83 bits per heavy atom. The maximum Gasteiger partial charge on any atom is 0.281 e. The van der Waals surface area contributed by atoms with E-state index in [0.29, 0.717) is 20.3 Å². The van der Waals surface area contributed by atoms with Crippen molar-refractivity contribution in [2.45, 2.75) is 11.4 Å². The molecule has 1 fully saturated rings. The molecule has 1 saturated heterocycles. The van der Waals surface area contributed by atoms with Crippen molar-refractivity contribution in [1.29, 1.82) is 0 Å². The van der Waals surface area contributed by atoms with Crippen LogP contribution in [0.3, 0.4) is 0 Å². The molecule has 2 unspecified atom stereocenters. The van der Waals surface area contributed by atoms with Gasteiger partial charge in [0.2, 0.25) is 0 Å². The highest BCUT2D eigenvalue weighted by Gasteiger charge is 2.48. The van der Waals surface area contributed by atoms with Crippen LogP contribution in [0.2, 0.25) is 10.0 Å². The van der Waals surface area contributed by atoms with Crippen molar-refractivity contribution >= 4 is 73.7 Å². The van der Waals surface area contributed by atoms with Crippen molar-refractivity contribution in [2.24, 2.45) is 0 Å². The maximum atomic E-state index is 12.8. The largest absolute Gasteiger partial charge is 0.378 e. The van der Waals surface area contributed by atoms with Crippen LogP contribution in [0.25, 0.3) is 10.1 Å². The zero-order valence-electron chi connectivity index (χ0n) is 15.4. The number of benzene rings is 2. The number of hydrogen-bond donors (Lipinski definition) is 1. The SMILES string of the molecule is CN(C)c1ccc(C2C(Cl)C(=O)N2NC(=O)c2sc3ccc(Cl)cc3c2Cl)cc1. The lowest BCUT2D eigenvalue weighted by Gasteiger charge is -2.43. The van der Waals surface area contributed by atoms with Gasteiger partial charge in [0, 0.05) is 34.9 Å². The summed E-state index contributed by atoms with van der Waals surface area (Å²) in [6.07, 6.45) is 0. The minimum Gasteiger partial charge on any atom is -0.378 e. The van der Waals surface area contributed by atoms with E-state index in [0.717, 1.165) is 16.0 Å². The highest BCUT2D eigenvalue weighted by atomic mass is 35.5. The van der Waals surface area contributed by atoms with E-state index in [2.05, 4.69) is 5.43 Å². The summed E-state index contributed by atoms with van der Waals surface area (Å²) in [5.41, 5.74) is 4.52. The Balaban J connectivity index is 1.58. The van der Waals surface area contributed by atoms with Crippen molar-refractivity contribution in [3.63, 3.8) is 0 Å². The summed E-state index contributed by atoms with van der Waals surface area (Å²) in [6, 6.07) is 12.5. The van der Waals surface area contributed by atoms with Gasteiger partial charge in [-0.1, -0.05) is 35.3 Å². The van der Waals surface area contributed by atoms with E-state index in [1.807, 2.05) is 49.3 Å². The summed E-state index contributed by atoms with van der Waals surface area (Å²) in [4.78, 5) is 27.4. The number of rotatable bonds is 4. The van der Waals surface area contributed by atoms with Crippen molar-refractivity contribution in [3.05, 3.63) is 63.0 Å². The third-order valence-corrected chi connectivity index (χ3v) is 7.13. The van der Waals surface area contributed by atoms with Crippen LogP contribution in [-0.4, -0.2) is 36.3 Å². The molecular weight excluding hydrogens is 453 g/mol. The van der Waals surface area contributed by atoms with Crippen LogP contribution in [0, 0.1) is 0 Å². The average molecular weight is 469 g/mol. The molecule has 2 atom stereocenters. The molecule has 3 aromatic rings. The zero-order chi connectivity index (χ0) is 20.9. The standard InChI is InChI=1S/C20H16Cl3N3O2S/c1-25(2)12-6-3-10(4-7-12)17-16(23)20(28)26(17)24-19(27)18-15(22)13-9-11(21)5-8-14(13)29-18/h3-9,16-17H,1-2H3,(H,24,27). The summed E-state index contributed by atoms with van der Waals surface area (Å²) < 4.78 is 0.838. The van der Waals surface area contributed by atoms with Gasteiger partial charge < -0.3 is 4.90 Å². The van der Waals surface area contributed by atoms with Crippen molar-refractivity contribution < 1.29 is 9.59 Å². The first-order chi connectivity index (χ1) is 13.8. The summed E-state index contributed by atoms with van der Waals surface area (Å²) in [5.74, 6) is -0.818. The van der Waals surface area contributed by atoms with Crippen LogP contribution in [-0.2, 0) is 4.79 Å². The lowest BCUT2D eigenvalue weighted by molar-refractivity contribution is -0.149. The molecule has 1 aliphatic heterocycles. The Morgan fingerprint density at radius 3 is 2.48 bits per heavy atom. The third kappa shape index (κ3) is 3.55. The maximum absolute atomic E-state index is 12.8. The van der Waals surface area contributed by atoms with E-state index in [-0.39, 0.29) is 5.91 Å². The van der Waals surface area contributed by atoms with E-state index in [1.54, 1.807) is 12.1 Å². The van der Waals surface area contributed by atoms with Gasteiger partial charge in [-0.25, -0.2) is 5.01 Å². The van der Waals surface area contributed by atoms with Crippen LogP contribution in [0.1, 0.15) is 21.3 Å². The second-order valence-electron chi connectivity index (χ2n) is 6.87. The van der Waals surface area contributed by atoms with Crippen LogP contribution in [0.4, 0.5) is 5.69 Å². The van der Waals surface area contributed by atoms with Gasteiger partial charge in [-0.2, -0.15) is 0 Å². The van der Waals surface area contributed by atoms with Gasteiger partial charge in [0.1, 0.15) is 16.3 Å². The molecule has 1 aromatic heterocycles. The number of carbonyl (C=O) groups excluding carboxylic acids is 2. The molecule has 0 saturated carbocycles.